The maximum atomic E-state index is 12.5. The molecule has 1 aliphatic heterocycles. The number of aromatic amines is 1. The average molecular weight is 367 g/mol. The monoisotopic (exact) mass is 367 g/mol. The molecule has 27 heavy (non-hydrogen) atoms. The number of nitrogens with zero attached hydrogens (tertiary/aromatic N) is 6. The van der Waals surface area contributed by atoms with Crippen LogP contribution in [0.1, 0.15) is 49.9 Å². The Balaban J connectivity index is 1.60. The van der Waals surface area contributed by atoms with Crippen molar-refractivity contribution < 1.29 is 0 Å². The van der Waals surface area contributed by atoms with E-state index in [1.807, 2.05) is 37.8 Å². The standard InChI is InChI=1S/C19H25N7O/c1-11(2)26-18-15(7-22-26)19(27)24-17(23-18)16-10-25(8-12(16)3)9-14-5-20-13(4)21-6-14/h5-7,11-12,16H,8-10H2,1-4H3,(H,23,24,27)/t12-,16-/m1/s1. The molecule has 1 fully saturated rings. The van der Waals surface area contributed by atoms with Crippen molar-refractivity contribution in [2.45, 2.75) is 46.2 Å². The number of aryl methyl sites for hydroxylation is 1. The number of hydrogen-bond donors (Lipinski definition) is 1. The van der Waals surface area contributed by atoms with Gasteiger partial charge in [-0.15, -0.1) is 0 Å². The second-order valence-corrected chi connectivity index (χ2v) is 7.79. The molecule has 142 valence electrons. The first kappa shape index (κ1) is 17.8. The summed E-state index contributed by atoms with van der Waals surface area (Å²) in [5.74, 6) is 2.12. The molecule has 2 atom stereocenters. The molecular formula is C19H25N7O. The van der Waals surface area contributed by atoms with Gasteiger partial charge in [-0.3, -0.25) is 9.69 Å². The summed E-state index contributed by atoms with van der Waals surface area (Å²) in [6.07, 6.45) is 5.37. The predicted octanol–water partition coefficient (Wildman–Crippen LogP) is 2.03. The summed E-state index contributed by atoms with van der Waals surface area (Å²) >= 11 is 0. The Hall–Kier alpha value is -2.61. The summed E-state index contributed by atoms with van der Waals surface area (Å²) in [4.78, 5) is 31.2. The lowest BCUT2D eigenvalue weighted by atomic mass is 9.97. The zero-order valence-electron chi connectivity index (χ0n) is 16.2. The van der Waals surface area contributed by atoms with Crippen LogP contribution in [0.3, 0.4) is 0 Å². The van der Waals surface area contributed by atoms with Gasteiger partial charge in [-0.25, -0.2) is 19.6 Å². The second kappa shape index (κ2) is 6.84. The average Bonchev–Trinajstić information content (AvgIpc) is 3.20. The molecule has 8 nitrogen and oxygen atoms in total. The summed E-state index contributed by atoms with van der Waals surface area (Å²) in [5, 5.41) is 4.88. The smallest absolute Gasteiger partial charge is 0.262 e. The molecule has 8 heteroatoms. The number of hydrogen-bond acceptors (Lipinski definition) is 6. The fourth-order valence-electron chi connectivity index (χ4n) is 3.82. The highest BCUT2D eigenvalue weighted by molar-refractivity contribution is 5.73. The SMILES string of the molecule is Cc1ncc(CN2C[C@@H](C)[C@H](c3nc4c(cnn4C(C)C)c(=O)[nH]3)C2)cn1. The van der Waals surface area contributed by atoms with Crippen LogP contribution in [0, 0.1) is 12.8 Å². The maximum Gasteiger partial charge on any atom is 0.262 e. The van der Waals surface area contributed by atoms with Crippen LogP contribution in [0.2, 0.25) is 0 Å². The van der Waals surface area contributed by atoms with Gasteiger partial charge in [0.15, 0.2) is 5.65 Å². The van der Waals surface area contributed by atoms with Gasteiger partial charge in [-0.2, -0.15) is 5.10 Å². The number of nitrogens with one attached hydrogen (secondary N) is 1. The summed E-state index contributed by atoms with van der Waals surface area (Å²) in [5.41, 5.74) is 1.66. The van der Waals surface area contributed by atoms with E-state index in [1.165, 1.54) is 0 Å². The Bertz CT molecular complexity index is 1010. The first-order valence-corrected chi connectivity index (χ1v) is 9.39. The second-order valence-electron chi connectivity index (χ2n) is 7.79. The van der Waals surface area contributed by atoms with Crippen LogP contribution in [-0.4, -0.2) is 47.7 Å². The van der Waals surface area contributed by atoms with E-state index in [0.29, 0.717) is 17.0 Å². The third-order valence-electron chi connectivity index (χ3n) is 5.25. The van der Waals surface area contributed by atoms with Gasteiger partial charge in [0.25, 0.3) is 5.56 Å². The first-order chi connectivity index (χ1) is 12.9. The molecular weight excluding hydrogens is 342 g/mol. The molecule has 3 aromatic rings. The van der Waals surface area contributed by atoms with Crippen LogP contribution in [-0.2, 0) is 6.54 Å². The number of H-pyrrole nitrogens is 1. The van der Waals surface area contributed by atoms with Crippen molar-refractivity contribution in [3.8, 4) is 0 Å². The van der Waals surface area contributed by atoms with Gasteiger partial charge in [0.05, 0.1) is 6.20 Å². The minimum absolute atomic E-state index is 0.112. The van der Waals surface area contributed by atoms with Crippen LogP contribution in [0.4, 0.5) is 0 Å². The maximum absolute atomic E-state index is 12.5. The highest BCUT2D eigenvalue weighted by Crippen LogP contribution is 2.31. The summed E-state index contributed by atoms with van der Waals surface area (Å²) in [6, 6.07) is 0.156. The lowest BCUT2D eigenvalue weighted by Gasteiger charge is -2.16. The van der Waals surface area contributed by atoms with Gasteiger partial charge in [0.1, 0.15) is 17.0 Å². The normalized spacial score (nSPS) is 20.8. The molecule has 0 aromatic carbocycles. The van der Waals surface area contributed by atoms with E-state index in [0.717, 1.165) is 36.8 Å². The molecule has 3 aromatic heterocycles. The Morgan fingerprint density at radius 1 is 1.22 bits per heavy atom. The highest BCUT2D eigenvalue weighted by atomic mass is 16.1. The van der Waals surface area contributed by atoms with Crippen molar-refractivity contribution in [1.29, 1.82) is 0 Å². The predicted molar refractivity (Wildman–Crippen MR) is 102 cm³/mol. The number of aromatic nitrogens is 6. The van der Waals surface area contributed by atoms with Gasteiger partial charge in [-0.1, -0.05) is 6.92 Å². The van der Waals surface area contributed by atoms with E-state index in [2.05, 4.69) is 31.9 Å². The molecule has 4 rings (SSSR count). The minimum Gasteiger partial charge on any atom is -0.310 e. The van der Waals surface area contributed by atoms with Crippen molar-refractivity contribution in [3.63, 3.8) is 0 Å². The molecule has 0 amide bonds. The van der Waals surface area contributed by atoms with Gasteiger partial charge in [-0.05, 0) is 26.7 Å². The fourth-order valence-corrected chi connectivity index (χ4v) is 3.82. The summed E-state index contributed by atoms with van der Waals surface area (Å²) in [6.45, 7) is 10.8. The largest absolute Gasteiger partial charge is 0.310 e. The molecule has 0 radical (unpaired) electrons. The van der Waals surface area contributed by atoms with Crippen LogP contribution < -0.4 is 5.56 Å². The highest BCUT2D eigenvalue weighted by Gasteiger charge is 2.33. The number of likely N-dealkylation sites (tertiary alicyclic amines) is 1. The molecule has 1 aliphatic rings. The van der Waals surface area contributed by atoms with Crippen LogP contribution >= 0.6 is 0 Å². The van der Waals surface area contributed by atoms with Gasteiger partial charge in [0.2, 0.25) is 0 Å². The molecule has 1 saturated heterocycles. The van der Waals surface area contributed by atoms with Crippen molar-refractivity contribution in [3.05, 3.63) is 46.2 Å². The Labute approximate surface area is 157 Å². The Kier molecular flexibility index (Phi) is 4.51. The molecule has 0 unspecified atom stereocenters. The number of rotatable bonds is 4. The van der Waals surface area contributed by atoms with Crippen LogP contribution in [0.15, 0.2) is 23.4 Å². The van der Waals surface area contributed by atoms with E-state index in [-0.39, 0.29) is 17.5 Å². The zero-order chi connectivity index (χ0) is 19.1. The third kappa shape index (κ3) is 3.37. The molecule has 0 saturated carbocycles. The van der Waals surface area contributed by atoms with Crippen molar-refractivity contribution in [1.82, 2.24) is 34.6 Å². The molecule has 0 spiro atoms. The minimum atomic E-state index is -0.112. The van der Waals surface area contributed by atoms with Gasteiger partial charge >= 0.3 is 0 Å². The zero-order valence-corrected chi connectivity index (χ0v) is 16.2. The lowest BCUT2D eigenvalue weighted by molar-refractivity contribution is 0.317. The summed E-state index contributed by atoms with van der Waals surface area (Å²) < 4.78 is 1.81. The van der Waals surface area contributed by atoms with Crippen molar-refractivity contribution in [2.24, 2.45) is 5.92 Å². The topological polar surface area (TPSA) is 92.6 Å². The molecule has 0 bridgehead atoms. The van der Waals surface area contributed by atoms with E-state index in [4.69, 9.17) is 4.98 Å². The van der Waals surface area contributed by atoms with Crippen LogP contribution in [0.5, 0.6) is 0 Å². The molecule has 0 aliphatic carbocycles. The third-order valence-corrected chi connectivity index (χ3v) is 5.25. The van der Waals surface area contributed by atoms with Crippen molar-refractivity contribution in [2.75, 3.05) is 13.1 Å². The van der Waals surface area contributed by atoms with Crippen molar-refractivity contribution >= 4 is 11.0 Å². The van der Waals surface area contributed by atoms with E-state index >= 15 is 0 Å². The van der Waals surface area contributed by atoms with Crippen LogP contribution in [0.25, 0.3) is 11.0 Å². The molecule has 1 N–H and O–H groups in total. The van der Waals surface area contributed by atoms with E-state index < -0.39 is 0 Å². The quantitative estimate of drug-likeness (QED) is 0.758. The summed E-state index contributed by atoms with van der Waals surface area (Å²) in [7, 11) is 0. The van der Waals surface area contributed by atoms with E-state index in [1.54, 1.807) is 6.20 Å². The fraction of sp³-hybridized carbons (Fsp3) is 0.526. The first-order valence-electron chi connectivity index (χ1n) is 9.39. The van der Waals surface area contributed by atoms with Gasteiger partial charge in [0, 0.05) is 49.6 Å². The lowest BCUT2D eigenvalue weighted by Crippen LogP contribution is -2.22. The Morgan fingerprint density at radius 2 is 1.96 bits per heavy atom. The van der Waals surface area contributed by atoms with Gasteiger partial charge < -0.3 is 4.98 Å². The Morgan fingerprint density at radius 3 is 2.67 bits per heavy atom. The van der Waals surface area contributed by atoms with E-state index in [9.17, 15) is 4.79 Å². The number of fused-ring (bicyclic) bond motifs is 1. The molecule has 4 heterocycles.